The van der Waals surface area contributed by atoms with Crippen molar-refractivity contribution in [1.29, 1.82) is 0 Å². The monoisotopic (exact) mass is 736 g/mol. The summed E-state index contributed by atoms with van der Waals surface area (Å²) in [4.78, 5) is 61.5. The summed E-state index contributed by atoms with van der Waals surface area (Å²) in [6, 6.07) is 23.8. The minimum atomic E-state index is -1.59. The van der Waals surface area contributed by atoms with Crippen LogP contribution in [0.1, 0.15) is 35.4 Å². The Morgan fingerprint density at radius 2 is 1.54 bits per heavy atom. The van der Waals surface area contributed by atoms with E-state index in [1.807, 2.05) is 43.3 Å². The Kier molecular flexibility index (Phi) is 8.19. The molecule has 4 aromatic rings. The smallest absolute Gasteiger partial charge is 0.246 e. The predicted molar refractivity (Wildman–Crippen MR) is 196 cm³/mol. The van der Waals surface area contributed by atoms with E-state index in [0.29, 0.717) is 38.3 Å². The number of nitrogens with zero attached hydrogens (tertiary/aromatic N) is 2. The number of hydrogen-bond donors (Lipinski definition) is 1. The summed E-state index contributed by atoms with van der Waals surface area (Å²) in [6.07, 6.45) is 2.24. The standard InChI is InChI=1S/C41H34Cl2N2O7/c1-21-12-13-25(17-31(21)43)44-37(47)28-15-14-27-29(34(28)39(44)49)20-30-38(48)45(24-11-7-10-23(42)16-24)40(50)41(30,22-8-5-4-6-9-22)36(27)35-32(46)18-26(51-2)19-33(35)52-3/h4-14,16-19,28-30,34,36,46H,15,20H2,1-3H3. The van der Waals surface area contributed by atoms with Crippen molar-refractivity contribution in [3.05, 3.63) is 123 Å². The Balaban J connectivity index is 1.38. The normalized spacial score (nSPS) is 26.6. The van der Waals surface area contributed by atoms with E-state index in [1.165, 1.54) is 30.1 Å². The van der Waals surface area contributed by atoms with E-state index in [-0.39, 0.29) is 35.8 Å². The van der Waals surface area contributed by atoms with E-state index in [1.54, 1.807) is 48.5 Å². The van der Waals surface area contributed by atoms with Gasteiger partial charge in [0.1, 0.15) is 17.2 Å². The number of aryl methyl sites for hydroxylation is 1. The number of amides is 4. The van der Waals surface area contributed by atoms with E-state index in [0.717, 1.165) is 5.56 Å². The lowest BCUT2D eigenvalue weighted by molar-refractivity contribution is -0.127. The summed E-state index contributed by atoms with van der Waals surface area (Å²) in [5, 5.41) is 12.7. The van der Waals surface area contributed by atoms with Gasteiger partial charge in [-0.05, 0) is 67.1 Å². The zero-order valence-electron chi connectivity index (χ0n) is 28.5. The van der Waals surface area contributed by atoms with Crippen LogP contribution in [0, 0.1) is 30.6 Å². The predicted octanol–water partition coefficient (Wildman–Crippen LogP) is 7.39. The van der Waals surface area contributed by atoms with Crippen molar-refractivity contribution >= 4 is 58.2 Å². The lowest BCUT2D eigenvalue weighted by atomic mass is 9.49. The van der Waals surface area contributed by atoms with Gasteiger partial charge in [-0.1, -0.05) is 77.3 Å². The van der Waals surface area contributed by atoms with Gasteiger partial charge in [-0.15, -0.1) is 0 Å². The second kappa shape index (κ2) is 12.5. The Morgan fingerprint density at radius 1 is 0.788 bits per heavy atom. The third kappa shape index (κ3) is 4.75. The van der Waals surface area contributed by atoms with Crippen molar-refractivity contribution in [1.82, 2.24) is 0 Å². The molecule has 0 aromatic heterocycles. The second-order valence-electron chi connectivity index (χ2n) is 13.8. The van der Waals surface area contributed by atoms with Crippen LogP contribution in [0.25, 0.3) is 0 Å². The second-order valence-corrected chi connectivity index (χ2v) is 14.6. The van der Waals surface area contributed by atoms with Gasteiger partial charge in [0.25, 0.3) is 0 Å². The summed E-state index contributed by atoms with van der Waals surface area (Å²) in [5.41, 5.74) is 1.42. The molecule has 0 bridgehead atoms. The fraction of sp³-hybridized carbons (Fsp3) is 0.268. The molecule has 6 unspecified atom stereocenters. The highest BCUT2D eigenvalue weighted by molar-refractivity contribution is 6.33. The number of phenolic OH excluding ortho intramolecular Hbond substituents is 1. The van der Waals surface area contributed by atoms with Crippen molar-refractivity contribution in [3.63, 3.8) is 0 Å². The molecule has 1 saturated carbocycles. The summed E-state index contributed by atoms with van der Waals surface area (Å²) in [6.45, 7) is 1.84. The number of methoxy groups -OCH3 is 2. The third-order valence-electron chi connectivity index (χ3n) is 11.4. The third-order valence-corrected chi connectivity index (χ3v) is 12.1. The van der Waals surface area contributed by atoms with Gasteiger partial charge in [0, 0.05) is 33.7 Å². The van der Waals surface area contributed by atoms with Gasteiger partial charge in [0.2, 0.25) is 23.6 Å². The van der Waals surface area contributed by atoms with Gasteiger partial charge >= 0.3 is 0 Å². The zero-order chi connectivity index (χ0) is 36.6. The molecular formula is C41H34Cl2N2O7. The maximum absolute atomic E-state index is 15.5. The van der Waals surface area contributed by atoms with Crippen molar-refractivity contribution in [2.45, 2.75) is 31.1 Å². The fourth-order valence-electron chi connectivity index (χ4n) is 9.20. The molecule has 1 N–H and O–H groups in total. The van der Waals surface area contributed by atoms with E-state index in [9.17, 15) is 19.5 Å². The van der Waals surface area contributed by atoms with Gasteiger partial charge in [-0.2, -0.15) is 0 Å². The van der Waals surface area contributed by atoms with E-state index < -0.39 is 52.7 Å². The Bertz CT molecular complexity index is 2220. The minimum absolute atomic E-state index is 0.0980. The number of hydrogen-bond acceptors (Lipinski definition) is 7. The molecule has 2 aliphatic carbocycles. The molecule has 8 rings (SSSR count). The maximum Gasteiger partial charge on any atom is 0.246 e. The fourth-order valence-corrected chi connectivity index (χ4v) is 9.56. The van der Waals surface area contributed by atoms with Crippen LogP contribution in [0.4, 0.5) is 11.4 Å². The van der Waals surface area contributed by atoms with Crippen molar-refractivity contribution in [3.8, 4) is 17.2 Å². The first-order valence-electron chi connectivity index (χ1n) is 17.0. The van der Waals surface area contributed by atoms with Crippen molar-refractivity contribution < 1.29 is 33.8 Å². The number of imide groups is 2. The van der Waals surface area contributed by atoms with Crippen LogP contribution < -0.4 is 19.3 Å². The van der Waals surface area contributed by atoms with Crippen LogP contribution in [0.3, 0.4) is 0 Å². The quantitative estimate of drug-likeness (QED) is 0.162. The molecule has 2 aliphatic heterocycles. The highest BCUT2D eigenvalue weighted by atomic mass is 35.5. The molecule has 11 heteroatoms. The molecule has 3 fully saturated rings. The highest BCUT2D eigenvalue weighted by Crippen LogP contribution is 2.66. The Labute approximate surface area is 310 Å². The number of anilines is 2. The maximum atomic E-state index is 15.5. The largest absolute Gasteiger partial charge is 0.507 e. The lowest BCUT2D eigenvalue weighted by Crippen LogP contribution is -2.53. The topological polar surface area (TPSA) is 113 Å². The van der Waals surface area contributed by atoms with Crippen LogP contribution in [0.15, 0.2) is 96.6 Å². The molecular weight excluding hydrogens is 703 g/mol. The Hall–Kier alpha value is -5.12. The van der Waals surface area contributed by atoms with Gasteiger partial charge in [0.15, 0.2) is 0 Å². The molecule has 2 saturated heterocycles. The van der Waals surface area contributed by atoms with E-state index in [4.69, 9.17) is 32.7 Å². The number of rotatable bonds is 6. The molecule has 6 atom stereocenters. The zero-order valence-corrected chi connectivity index (χ0v) is 30.0. The van der Waals surface area contributed by atoms with Crippen LogP contribution >= 0.6 is 23.2 Å². The van der Waals surface area contributed by atoms with E-state index in [2.05, 4.69) is 0 Å². The van der Waals surface area contributed by atoms with Crippen LogP contribution in [0.2, 0.25) is 10.0 Å². The van der Waals surface area contributed by atoms with Gasteiger partial charge in [0.05, 0.1) is 48.8 Å². The molecule has 4 aliphatic rings. The van der Waals surface area contributed by atoms with Crippen molar-refractivity contribution in [2.24, 2.45) is 23.7 Å². The molecule has 52 heavy (non-hydrogen) atoms. The summed E-state index contributed by atoms with van der Waals surface area (Å²) >= 11 is 12.9. The average molecular weight is 738 g/mol. The number of allylic oxidation sites excluding steroid dienone is 2. The first kappa shape index (κ1) is 34.0. The van der Waals surface area contributed by atoms with Gasteiger partial charge in [-0.3, -0.25) is 19.2 Å². The molecule has 4 aromatic carbocycles. The van der Waals surface area contributed by atoms with Crippen molar-refractivity contribution in [2.75, 3.05) is 24.0 Å². The molecule has 264 valence electrons. The lowest BCUT2D eigenvalue weighted by Gasteiger charge is -2.51. The summed E-state index contributed by atoms with van der Waals surface area (Å²) < 4.78 is 11.4. The number of carbonyl (C=O) groups excluding carboxylic acids is 4. The van der Waals surface area contributed by atoms with Gasteiger partial charge in [-0.25, -0.2) is 9.80 Å². The number of benzene rings is 4. The van der Waals surface area contributed by atoms with Crippen LogP contribution in [-0.4, -0.2) is 43.0 Å². The van der Waals surface area contributed by atoms with Crippen LogP contribution in [0.5, 0.6) is 17.2 Å². The Morgan fingerprint density at radius 3 is 2.23 bits per heavy atom. The molecule has 0 spiro atoms. The summed E-state index contributed by atoms with van der Waals surface area (Å²) in [5.74, 6) is -5.52. The SMILES string of the molecule is COc1cc(O)c(C2C3=CCC4C(=O)N(c5ccc(C)c(Cl)c5)C(=O)C4C3CC3C(=O)N(c4cccc(Cl)c4)C(=O)C32c2ccccc2)c(OC)c1. The van der Waals surface area contributed by atoms with Gasteiger partial charge < -0.3 is 14.6 Å². The number of aromatic hydroxyl groups is 1. The number of phenols is 1. The highest BCUT2D eigenvalue weighted by Gasteiger charge is 2.71. The molecule has 0 radical (unpaired) electrons. The molecule has 2 heterocycles. The number of ether oxygens (including phenoxy) is 2. The molecule has 4 amide bonds. The first-order chi connectivity index (χ1) is 25.0. The first-order valence-corrected chi connectivity index (χ1v) is 17.8. The average Bonchev–Trinajstić information content (AvgIpc) is 3.53. The van der Waals surface area contributed by atoms with E-state index >= 15 is 4.79 Å². The number of fused-ring (bicyclic) bond motifs is 4. The van der Waals surface area contributed by atoms with Crippen LogP contribution in [-0.2, 0) is 24.6 Å². The minimum Gasteiger partial charge on any atom is -0.507 e. The summed E-state index contributed by atoms with van der Waals surface area (Å²) in [7, 11) is 2.92. The number of carbonyl (C=O) groups is 4. The number of halogens is 2. The molecule has 9 nitrogen and oxygen atoms in total.